The van der Waals surface area contributed by atoms with Crippen LogP contribution in [-0.2, 0) is 14.8 Å². The molecule has 0 spiro atoms. The van der Waals surface area contributed by atoms with Crippen molar-refractivity contribution in [3.8, 4) is 0 Å². The van der Waals surface area contributed by atoms with Crippen LogP contribution in [-0.4, -0.2) is 43.4 Å². The van der Waals surface area contributed by atoms with E-state index in [4.69, 9.17) is 4.74 Å². The first kappa shape index (κ1) is 20.2. The smallest absolute Gasteiger partial charge is 0.426 e. The van der Waals surface area contributed by atoms with Crippen molar-refractivity contribution in [3.05, 3.63) is 29.8 Å². The number of nitrogens with one attached hydrogen (secondary N) is 2. The van der Waals surface area contributed by atoms with Crippen LogP contribution in [0.15, 0.2) is 29.2 Å². The Hall–Kier alpha value is -2.13. The number of hydrazine groups is 1. The van der Waals surface area contributed by atoms with Gasteiger partial charge in [0.05, 0.1) is 4.90 Å². The lowest BCUT2D eigenvalue weighted by Gasteiger charge is -2.25. The minimum Gasteiger partial charge on any atom is -0.443 e. The van der Waals surface area contributed by atoms with Gasteiger partial charge in [-0.3, -0.25) is 10.2 Å². The van der Waals surface area contributed by atoms with Crippen LogP contribution >= 0.6 is 0 Å². The van der Waals surface area contributed by atoms with E-state index in [1.165, 1.54) is 28.6 Å². The molecule has 0 aromatic heterocycles. The molecule has 1 aromatic rings. The second-order valence-electron chi connectivity index (χ2n) is 7.07. The molecule has 1 saturated heterocycles. The van der Waals surface area contributed by atoms with Crippen molar-refractivity contribution in [2.24, 2.45) is 0 Å². The van der Waals surface area contributed by atoms with Crippen LogP contribution < -0.4 is 10.9 Å². The molecule has 2 amide bonds. The Morgan fingerprint density at radius 1 is 1.00 bits per heavy atom. The minimum absolute atomic E-state index is 0.149. The summed E-state index contributed by atoms with van der Waals surface area (Å²) in [6, 6.07) is 5.60. The van der Waals surface area contributed by atoms with Crippen LogP contribution in [0, 0.1) is 0 Å². The number of amides is 2. The van der Waals surface area contributed by atoms with Crippen molar-refractivity contribution in [1.82, 2.24) is 15.2 Å². The molecule has 1 aliphatic heterocycles. The Balaban J connectivity index is 1.98. The summed E-state index contributed by atoms with van der Waals surface area (Å²) in [5.74, 6) is -0.572. The third kappa shape index (κ3) is 5.43. The third-order valence-electron chi connectivity index (χ3n) is 3.75. The molecule has 0 unspecified atom stereocenters. The lowest BCUT2D eigenvalue weighted by Crippen LogP contribution is -2.44. The average Bonchev–Trinajstić information content (AvgIpc) is 2.59. The monoisotopic (exact) mass is 383 g/mol. The zero-order chi connectivity index (χ0) is 19.4. The number of ether oxygens (including phenoxy) is 1. The van der Waals surface area contributed by atoms with E-state index < -0.39 is 27.6 Å². The molecular weight excluding hydrogens is 358 g/mol. The summed E-state index contributed by atoms with van der Waals surface area (Å²) in [6.07, 6.45) is 1.97. The summed E-state index contributed by atoms with van der Waals surface area (Å²) in [6.45, 7) is 6.15. The first-order chi connectivity index (χ1) is 12.1. The van der Waals surface area contributed by atoms with Crippen molar-refractivity contribution in [2.45, 2.75) is 50.5 Å². The van der Waals surface area contributed by atoms with Gasteiger partial charge in [0.1, 0.15) is 5.60 Å². The maximum absolute atomic E-state index is 12.6. The molecule has 1 heterocycles. The molecule has 1 aliphatic rings. The van der Waals surface area contributed by atoms with Gasteiger partial charge in [-0.25, -0.2) is 18.6 Å². The summed E-state index contributed by atoms with van der Waals surface area (Å²) in [5.41, 5.74) is 3.91. The molecule has 1 aromatic carbocycles. The third-order valence-corrected chi connectivity index (χ3v) is 5.66. The van der Waals surface area contributed by atoms with Gasteiger partial charge in [0, 0.05) is 18.7 Å². The molecule has 1 fully saturated rings. The second-order valence-corrected chi connectivity index (χ2v) is 9.01. The maximum atomic E-state index is 12.6. The predicted molar refractivity (Wildman–Crippen MR) is 95.9 cm³/mol. The first-order valence-corrected chi connectivity index (χ1v) is 9.93. The standard InChI is InChI=1S/C17H25N3O5S/c1-17(2,3)25-16(22)19-18-15(21)13-7-9-14(10-8-13)26(23,24)20-11-5-4-6-12-20/h7-10H,4-6,11-12H2,1-3H3,(H,18,21)(H,19,22). The van der Waals surface area contributed by atoms with Crippen LogP contribution in [0.25, 0.3) is 0 Å². The number of sulfonamides is 1. The van der Waals surface area contributed by atoms with Crippen LogP contribution in [0.1, 0.15) is 50.4 Å². The SMILES string of the molecule is CC(C)(C)OC(=O)NNC(=O)c1ccc(S(=O)(=O)N2CCCCC2)cc1. The lowest BCUT2D eigenvalue weighted by atomic mass is 10.2. The van der Waals surface area contributed by atoms with Crippen molar-refractivity contribution < 1.29 is 22.7 Å². The Kier molecular flexibility index (Phi) is 6.25. The van der Waals surface area contributed by atoms with E-state index in [0.29, 0.717) is 13.1 Å². The van der Waals surface area contributed by atoms with Gasteiger partial charge < -0.3 is 4.74 Å². The summed E-state index contributed by atoms with van der Waals surface area (Å²) in [4.78, 5) is 23.7. The summed E-state index contributed by atoms with van der Waals surface area (Å²) in [5, 5.41) is 0. The summed E-state index contributed by atoms with van der Waals surface area (Å²) < 4.78 is 31.6. The Morgan fingerprint density at radius 3 is 2.12 bits per heavy atom. The number of carbonyl (C=O) groups is 2. The van der Waals surface area contributed by atoms with Crippen molar-refractivity contribution >= 4 is 22.0 Å². The number of piperidine rings is 1. The highest BCUT2D eigenvalue weighted by Gasteiger charge is 2.26. The predicted octanol–water partition coefficient (Wildman–Crippen LogP) is 2.03. The zero-order valence-corrected chi connectivity index (χ0v) is 16.1. The molecule has 26 heavy (non-hydrogen) atoms. The average molecular weight is 383 g/mol. The van der Waals surface area contributed by atoms with Crippen LogP contribution in [0.2, 0.25) is 0 Å². The minimum atomic E-state index is -3.54. The summed E-state index contributed by atoms with van der Waals surface area (Å²) >= 11 is 0. The van der Waals surface area contributed by atoms with Gasteiger partial charge in [0.25, 0.3) is 5.91 Å². The number of hydrogen-bond acceptors (Lipinski definition) is 5. The molecule has 0 bridgehead atoms. The molecule has 0 aliphatic carbocycles. The van der Waals surface area contributed by atoms with Crippen LogP contribution in [0.4, 0.5) is 4.79 Å². The zero-order valence-electron chi connectivity index (χ0n) is 15.2. The highest BCUT2D eigenvalue weighted by atomic mass is 32.2. The lowest BCUT2D eigenvalue weighted by molar-refractivity contribution is 0.0483. The molecule has 0 radical (unpaired) electrons. The van der Waals surface area contributed by atoms with Crippen LogP contribution in [0.5, 0.6) is 0 Å². The normalized spacial score (nSPS) is 16.0. The molecule has 2 N–H and O–H groups in total. The quantitative estimate of drug-likeness (QED) is 0.777. The highest BCUT2D eigenvalue weighted by Crippen LogP contribution is 2.20. The summed E-state index contributed by atoms with van der Waals surface area (Å²) in [7, 11) is -3.54. The molecule has 8 nitrogen and oxygen atoms in total. The van der Waals surface area contributed by atoms with Gasteiger partial charge in [-0.15, -0.1) is 0 Å². The number of benzene rings is 1. The number of rotatable bonds is 3. The van der Waals surface area contributed by atoms with Crippen LogP contribution in [0.3, 0.4) is 0 Å². The van der Waals surface area contributed by atoms with Crippen molar-refractivity contribution in [3.63, 3.8) is 0 Å². The maximum Gasteiger partial charge on any atom is 0.426 e. The molecule has 0 saturated carbocycles. The van der Waals surface area contributed by atoms with Gasteiger partial charge in [0.15, 0.2) is 0 Å². The van der Waals surface area contributed by atoms with Crippen molar-refractivity contribution in [2.75, 3.05) is 13.1 Å². The molecule has 9 heteroatoms. The van der Waals surface area contributed by atoms with E-state index >= 15 is 0 Å². The Bertz CT molecular complexity index is 748. The molecule has 0 atom stereocenters. The van der Waals surface area contributed by atoms with Gasteiger partial charge in [-0.2, -0.15) is 4.31 Å². The van der Waals surface area contributed by atoms with Gasteiger partial charge >= 0.3 is 6.09 Å². The van der Waals surface area contributed by atoms with Gasteiger partial charge in [0.2, 0.25) is 10.0 Å². The topological polar surface area (TPSA) is 105 Å². The number of carbonyl (C=O) groups excluding carboxylic acids is 2. The number of nitrogens with zero attached hydrogens (tertiary/aromatic N) is 1. The largest absolute Gasteiger partial charge is 0.443 e. The van der Waals surface area contributed by atoms with E-state index in [-0.39, 0.29) is 10.5 Å². The van der Waals surface area contributed by atoms with Gasteiger partial charge in [-0.1, -0.05) is 6.42 Å². The van der Waals surface area contributed by atoms with E-state index in [1.807, 2.05) is 0 Å². The van der Waals surface area contributed by atoms with Crippen molar-refractivity contribution in [1.29, 1.82) is 0 Å². The highest BCUT2D eigenvalue weighted by molar-refractivity contribution is 7.89. The van der Waals surface area contributed by atoms with E-state index in [0.717, 1.165) is 19.3 Å². The Morgan fingerprint density at radius 2 is 1.58 bits per heavy atom. The first-order valence-electron chi connectivity index (χ1n) is 8.49. The molecule has 144 valence electrons. The second kappa shape index (κ2) is 8.05. The fraction of sp³-hybridized carbons (Fsp3) is 0.529. The van der Waals surface area contributed by atoms with E-state index in [9.17, 15) is 18.0 Å². The fourth-order valence-electron chi connectivity index (χ4n) is 2.52. The molecular formula is C17H25N3O5S. The van der Waals surface area contributed by atoms with E-state index in [2.05, 4.69) is 10.9 Å². The number of hydrogen-bond donors (Lipinski definition) is 2. The van der Waals surface area contributed by atoms with E-state index in [1.54, 1.807) is 20.8 Å². The Labute approximate surface area is 153 Å². The van der Waals surface area contributed by atoms with Gasteiger partial charge in [-0.05, 0) is 57.9 Å². The molecule has 2 rings (SSSR count). The fourth-order valence-corrected chi connectivity index (χ4v) is 4.03.